The highest BCUT2D eigenvalue weighted by Crippen LogP contribution is 2.42. The van der Waals surface area contributed by atoms with Crippen LogP contribution in [0.2, 0.25) is 0 Å². The monoisotopic (exact) mass is 354 g/mol. The number of benzene rings is 1. The van der Waals surface area contributed by atoms with E-state index in [4.69, 9.17) is 4.74 Å². The third kappa shape index (κ3) is 4.17. The van der Waals surface area contributed by atoms with E-state index in [-0.39, 0.29) is 30.9 Å². The summed E-state index contributed by atoms with van der Waals surface area (Å²) in [5.74, 6) is -1.80. The van der Waals surface area contributed by atoms with Crippen molar-refractivity contribution < 1.29 is 27.8 Å². The van der Waals surface area contributed by atoms with Crippen molar-refractivity contribution in [3.8, 4) is 5.75 Å². The minimum atomic E-state index is -4.19. The number of aromatic carboxylic acids is 1. The first-order chi connectivity index (χ1) is 11.8. The Hall–Kier alpha value is -1.98. The molecule has 3 nitrogen and oxygen atoms in total. The zero-order valence-electron chi connectivity index (χ0n) is 13.8. The number of hydrogen-bond acceptors (Lipinski definition) is 2. The average molecular weight is 354 g/mol. The Labute approximate surface area is 144 Å². The Morgan fingerprint density at radius 3 is 2.44 bits per heavy atom. The largest absolute Gasteiger partial charge is 0.490 e. The average Bonchev–Trinajstić information content (AvgIpc) is 3.07. The molecule has 2 aliphatic rings. The zero-order chi connectivity index (χ0) is 18.0. The number of halogens is 3. The van der Waals surface area contributed by atoms with E-state index < -0.39 is 18.1 Å². The number of carboxylic acid groups (broad SMARTS) is 1. The van der Waals surface area contributed by atoms with E-state index in [0.717, 1.165) is 31.3 Å². The van der Waals surface area contributed by atoms with Gasteiger partial charge >= 0.3 is 12.1 Å². The van der Waals surface area contributed by atoms with Gasteiger partial charge in [0.1, 0.15) is 5.75 Å². The smallest absolute Gasteiger partial charge is 0.392 e. The van der Waals surface area contributed by atoms with E-state index in [1.54, 1.807) is 12.1 Å². The Morgan fingerprint density at radius 2 is 1.88 bits per heavy atom. The molecule has 1 unspecified atom stereocenters. The molecule has 1 atom stereocenters. The molecule has 2 aliphatic carbocycles. The molecule has 1 saturated carbocycles. The maximum Gasteiger partial charge on any atom is 0.392 e. The fourth-order valence-corrected chi connectivity index (χ4v) is 3.58. The van der Waals surface area contributed by atoms with Crippen LogP contribution in [-0.2, 0) is 0 Å². The van der Waals surface area contributed by atoms with Gasteiger partial charge in [0, 0.05) is 5.56 Å². The molecular weight excluding hydrogens is 333 g/mol. The maximum absolute atomic E-state index is 12.9. The molecule has 0 saturated heterocycles. The molecule has 0 spiro atoms. The summed E-state index contributed by atoms with van der Waals surface area (Å²) < 4.78 is 44.6. The van der Waals surface area contributed by atoms with E-state index >= 15 is 0 Å². The summed E-state index contributed by atoms with van der Waals surface area (Å²) in [4.78, 5) is 11.3. The lowest BCUT2D eigenvalue weighted by Crippen LogP contribution is -2.24. The Bertz CT molecular complexity index is 673. The van der Waals surface area contributed by atoms with Gasteiger partial charge in [0.2, 0.25) is 0 Å². The van der Waals surface area contributed by atoms with E-state index in [1.807, 2.05) is 0 Å². The van der Waals surface area contributed by atoms with Gasteiger partial charge in [0.05, 0.1) is 17.6 Å². The summed E-state index contributed by atoms with van der Waals surface area (Å²) in [5, 5.41) is 9.22. The van der Waals surface area contributed by atoms with Gasteiger partial charge in [-0.15, -0.1) is 0 Å². The molecule has 0 amide bonds. The van der Waals surface area contributed by atoms with Crippen molar-refractivity contribution in [1.82, 2.24) is 0 Å². The molecule has 0 aliphatic heterocycles. The summed E-state index contributed by atoms with van der Waals surface area (Å²) in [6, 6.07) is 4.64. The van der Waals surface area contributed by atoms with Crippen molar-refractivity contribution in [2.45, 2.75) is 57.2 Å². The lowest BCUT2D eigenvalue weighted by atomic mass is 9.85. The summed E-state index contributed by atoms with van der Waals surface area (Å²) in [6.07, 6.45) is 1.83. The van der Waals surface area contributed by atoms with Crippen LogP contribution in [0.3, 0.4) is 0 Å². The quantitative estimate of drug-likeness (QED) is 0.782. The Kier molecular flexibility index (Phi) is 5.06. The van der Waals surface area contributed by atoms with Crippen LogP contribution in [0.15, 0.2) is 24.3 Å². The van der Waals surface area contributed by atoms with Gasteiger partial charge in [-0.2, -0.15) is 13.2 Å². The van der Waals surface area contributed by atoms with Crippen LogP contribution in [0.4, 0.5) is 13.2 Å². The fraction of sp³-hybridized carbons (Fsp3) is 0.526. The number of carboxylic acids is 1. The van der Waals surface area contributed by atoms with Crippen LogP contribution in [0.5, 0.6) is 5.75 Å². The molecule has 0 heterocycles. The highest BCUT2D eigenvalue weighted by atomic mass is 19.4. The van der Waals surface area contributed by atoms with Crippen molar-refractivity contribution in [2.24, 2.45) is 5.92 Å². The van der Waals surface area contributed by atoms with E-state index in [0.29, 0.717) is 11.3 Å². The topological polar surface area (TPSA) is 46.5 Å². The van der Waals surface area contributed by atoms with Crippen LogP contribution in [0.25, 0.3) is 5.57 Å². The lowest BCUT2D eigenvalue weighted by molar-refractivity contribution is -0.175. The molecule has 6 heteroatoms. The van der Waals surface area contributed by atoms with Crippen molar-refractivity contribution in [3.05, 3.63) is 35.4 Å². The molecule has 0 aromatic heterocycles. The van der Waals surface area contributed by atoms with Crippen LogP contribution >= 0.6 is 0 Å². The van der Waals surface area contributed by atoms with Gasteiger partial charge in [-0.3, -0.25) is 0 Å². The highest BCUT2D eigenvalue weighted by molar-refractivity contribution is 5.89. The third-order valence-electron chi connectivity index (χ3n) is 5.04. The third-order valence-corrected chi connectivity index (χ3v) is 5.04. The van der Waals surface area contributed by atoms with Crippen LogP contribution in [0.1, 0.15) is 60.9 Å². The molecule has 1 fully saturated rings. The molecule has 1 aromatic carbocycles. The zero-order valence-corrected chi connectivity index (χ0v) is 13.8. The van der Waals surface area contributed by atoms with Crippen molar-refractivity contribution >= 4 is 11.5 Å². The summed E-state index contributed by atoms with van der Waals surface area (Å²) >= 11 is 0. The summed E-state index contributed by atoms with van der Waals surface area (Å²) in [5.41, 5.74) is 1.48. The Balaban J connectivity index is 1.88. The second-order valence-corrected chi connectivity index (χ2v) is 6.78. The first-order valence-corrected chi connectivity index (χ1v) is 8.64. The van der Waals surface area contributed by atoms with Crippen LogP contribution in [0, 0.1) is 5.92 Å². The SMILES string of the molecule is O=C(O)c1ccc(OC2CCCC2)c(C2=CCC(C(F)(F)F)CC2)c1. The second kappa shape index (κ2) is 7.10. The van der Waals surface area contributed by atoms with Gasteiger partial charge in [0.25, 0.3) is 0 Å². The summed E-state index contributed by atoms with van der Waals surface area (Å²) in [6.45, 7) is 0. The van der Waals surface area contributed by atoms with Gasteiger partial charge < -0.3 is 9.84 Å². The molecule has 3 rings (SSSR count). The highest BCUT2D eigenvalue weighted by Gasteiger charge is 2.40. The molecule has 0 radical (unpaired) electrons. The molecular formula is C19H21F3O3. The number of rotatable bonds is 4. The van der Waals surface area contributed by atoms with Crippen molar-refractivity contribution in [2.75, 3.05) is 0 Å². The van der Waals surface area contributed by atoms with Gasteiger partial charge in [0.15, 0.2) is 0 Å². The van der Waals surface area contributed by atoms with Crippen molar-refractivity contribution in [1.29, 1.82) is 0 Å². The van der Waals surface area contributed by atoms with Crippen LogP contribution < -0.4 is 4.74 Å². The molecule has 1 N–H and O–H groups in total. The molecule has 25 heavy (non-hydrogen) atoms. The standard InChI is InChI=1S/C19H21F3O3/c20-19(21,22)14-8-5-12(6-9-14)16-11-13(18(23)24)7-10-17(16)25-15-3-1-2-4-15/h5,7,10-11,14-15H,1-4,6,8-9H2,(H,23,24). The van der Waals surface area contributed by atoms with E-state index in [2.05, 4.69) is 0 Å². The molecule has 136 valence electrons. The van der Waals surface area contributed by atoms with E-state index in [1.165, 1.54) is 12.1 Å². The van der Waals surface area contributed by atoms with Gasteiger partial charge in [-0.25, -0.2) is 4.79 Å². The number of ether oxygens (including phenoxy) is 1. The molecule has 0 bridgehead atoms. The number of hydrogen-bond donors (Lipinski definition) is 1. The lowest BCUT2D eigenvalue weighted by Gasteiger charge is -2.26. The number of carbonyl (C=O) groups is 1. The van der Waals surface area contributed by atoms with Gasteiger partial charge in [-0.05, 0) is 68.7 Å². The van der Waals surface area contributed by atoms with Gasteiger partial charge in [-0.1, -0.05) is 6.08 Å². The normalized spacial score (nSPS) is 21.9. The van der Waals surface area contributed by atoms with Crippen LogP contribution in [-0.4, -0.2) is 23.4 Å². The minimum Gasteiger partial charge on any atom is -0.490 e. The second-order valence-electron chi connectivity index (χ2n) is 6.78. The number of allylic oxidation sites excluding steroid dienone is 2. The Morgan fingerprint density at radius 1 is 1.16 bits per heavy atom. The molecule has 1 aromatic rings. The predicted octanol–water partition coefficient (Wildman–Crippen LogP) is 5.45. The summed E-state index contributed by atoms with van der Waals surface area (Å²) in [7, 11) is 0. The first-order valence-electron chi connectivity index (χ1n) is 8.64. The fourth-order valence-electron chi connectivity index (χ4n) is 3.58. The predicted molar refractivity (Wildman–Crippen MR) is 87.7 cm³/mol. The minimum absolute atomic E-state index is 0.0233. The van der Waals surface area contributed by atoms with Crippen molar-refractivity contribution in [3.63, 3.8) is 0 Å². The first kappa shape index (κ1) is 17.8. The van der Waals surface area contributed by atoms with E-state index in [9.17, 15) is 23.1 Å². The maximum atomic E-state index is 12.9. The number of alkyl halides is 3.